The van der Waals surface area contributed by atoms with E-state index in [4.69, 9.17) is 9.47 Å². The molecule has 1 amide bonds. The van der Waals surface area contributed by atoms with Gasteiger partial charge in [0.25, 0.3) is 5.91 Å². The Kier molecular flexibility index (Phi) is 5.91. The second kappa shape index (κ2) is 8.73. The van der Waals surface area contributed by atoms with Gasteiger partial charge in [-0.25, -0.2) is 4.79 Å². The molecular formula is C22H19NO5. The van der Waals surface area contributed by atoms with Gasteiger partial charge < -0.3 is 19.9 Å². The Hall–Kier alpha value is -3.80. The number of ether oxygens (including phenoxy) is 2. The number of carbonyl (C=O) groups excluding carboxylic acids is 2. The first-order chi connectivity index (χ1) is 13.6. The van der Waals surface area contributed by atoms with Gasteiger partial charge >= 0.3 is 5.97 Å². The van der Waals surface area contributed by atoms with Gasteiger partial charge in [0.15, 0.2) is 0 Å². The average molecular weight is 377 g/mol. The molecule has 0 saturated heterocycles. The number of rotatable bonds is 6. The molecule has 28 heavy (non-hydrogen) atoms. The van der Waals surface area contributed by atoms with Crippen LogP contribution in [0.15, 0.2) is 78.9 Å². The molecule has 0 saturated carbocycles. The number of anilines is 1. The molecule has 3 aromatic rings. The van der Waals surface area contributed by atoms with Gasteiger partial charge in [0.1, 0.15) is 11.5 Å². The fourth-order valence-corrected chi connectivity index (χ4v) is 2.58. The van der Waals surface area contributed by atoms with Crippen LogP contribution in [0.4, 0.5) is 5.69 Å². The maximum absolute atomic E-state index is 12.9. The molecule has 0 bridgehead atoms. The summed E-state index contributed by atoms with van der Waals surface area (Å²) in [7, 11) is 1.53. The van der Waals surface area contributed by atoms with E-state index in [2.05, 4.69) is 5.32 Å². The topological polar surface area (TPSA) is 84.9 Å². The maximum atomic E-state index is 12.9. The van der Waals surface area contributed by atoms with E-state index < -0.39 is 18.0 Å². The molecule has 142 valence electrons. The van der Waals surface area contributed by atoms with Crippen LogP contribution in [0.5, 0.6) is 11.5 Å². The van der Waals surface area contributed by atoms with E-state index in [0.717, 1.165) is 0 Å². The molecule has 2 N–H and O–H groups in total. The summed E-state index contributed by atoms with van der Waals surface area (Å²) in [5.41, 5.74) is 1.29. The molecule has 0 unspecified atom stereocenters. The van der Waals surface area contributed by atoms with Crippen molar-refractivity contribution in [3.05, 3.63) is 90.0 Å². The Morgan fingerprint density at radius 1 is 0.929 bits per heavy atom. The molecule has 0 aliphatic rings. The highest BCUT2D eigenvalue weighted by Crippen LogP contribution is 2.24. The van der Waals surface area contributed by atoms with Gasteiger partial charge in [-0.15, -0.1) is 0 Å². The first-order valence-corrected chi connectivity index (χ1v) is 8.56. The predicted molar refractivity (Wildman–Crippen MR) is 104 cm³/mol. The lowest BCUT2D eigenvalue weighted by Crippen LogP contribution is -2.26. The van der Waals surface area contributed by atoms with E-state index in [0.29, 0.717) is 17.0 Å². The van der Waals surface area contributed by atoms with Crippen LogP contribution in [0, 0.1) is 0 Å². The summed E-state index contributed by atoms with van der Waals surface area (Å²) < 4.78 is 10.6. The minimum atomic E-state index is -1.14. The van der Waals surface area contributed by atoms with Crippen LogP contribution < -0.4 is 10.1 Å². The van der Waals surface area contributed by atoms with Crippen LogP contribution in [0.2, 0.25) is 0 Å². The monoisotopic (exact) mass is 377 g/mol. The summed E-state index contributed by atoms with van der Waals surface area (Å²) in [6.45, 7) is 0. The zero-order chi connectivity index (χ0) is 19.9. The van der Waals surface area contributed by atoms with E-state index in [1.807, 2.05) is 6.07 Å². The molecule has 0 spiro atoms. The van der Waals surface area contributed by atoms with Crippen molar-refractivity contribution in [3.63, 3.8) is 0 Å². The zero-order valence-electron chi connectivity index (χ0n) is 15.2. The summed E-state index contributed by atoms with van der Waals surface area (Å²) in [6.07, 6.45) is -1.14. The molecule has 6 nitrogen and oxygen atoms in total. The Bertz CT molecular complexity index is 954. The van der Waals surface area contributed by atoms with Crippen molar-refractivity contribution in [2.75, 3.05) is 12.4 Å². The number of phenols is 1. The number of phenolic OH excluding ortho intramolecular Hbond substituents is 1. The third-order valence-corrected chi connectivity index (χ3v) is 4.01. The lowest BCUT2D eigenvalue weighted by Gasteiger charge is -2.18. The highest BCUT2D eigenvalue weighted by molar-refractivity contribution is 5.98. The van der Waals surface area contributed by atoms with E-state index >= 15 is 0 Å². The molecule has 1 atom stereocenters. The van der Waals surface area contributed by atoms with Crippen LogP contribution in [0.3, 0.4) is 0 Å². The molecule has 0 radical (unpaired) electrons. The third kappa shape index (κ3) is 4.67. The van der Waals surface area contributed by atoms with Crippen molar-refractivity contribution in [2.45, 2.75) is 6.10 Å². The largest absolute Gasteiger partial charge is 0.508 e. The summed E-state index contributed by atoms with van der Waals surface area (Å²) in [4.78, 5) is 25.4. The number of hydrogen-bond acceptors (Lipinski definition) is 5. The van der Waals surface area contributed by atoms with Crippen LogP contribution in [-0.4, -0.2) is 24.1 Å². The Labute approximate surface area is 162 Å². The van der Waals surface area contributed by atoms with Gasteiger partial charge in [-0.05, 0) is 36.4 Å². The molecule has 3 rings (SSSR count). The van der Waals surface area contributed by atoms with Crippen LogP contribution in [0.1, 0.15) is 22.0 Å². The fourth-order valence-electron chi connectivity index (χ4n) is 2.58. The smallest absolute Gasteiger partial charge is 0.339 e. The van der Waals surface area contributed by atoms with Crippen LogP contribution in [0.25, 0.3) is 0 Å². The summed E-state index contributed by atoms with van der Waals surface area (Å²) in [5, 5.41) is 12.1. The van der Waals surface area contributed by atoms with Crippen molar-refractivity contribution < 1.29 is 24.2 Å². The lowest BCUT2D eigenvalue weighted by molar-refractivity contribution is -0.125. The number of amides is 1. The standard InChI is InChI=1S/C22H19NO5/c1-27-19-9-5-8-17(14-19)23-21(25)20(15-6-3-2-4-7-15)28-22(26)16-10-12-18(24)13-11-16/h2-14,20,24H,1H3,(H,23,25)/t20-/m1/s1. The molecule has 6 heteroatoms. The molecule has 0 fully saturated rings. The number of methoxy groups -OCH3 is 1. The van der Waals surface area contributed by atoms with Crippen molar-refractivity contribution >= 4 is 17.6 Å². The van der Waals surface area contributed by atoms with E-state index in [1.54, 1.807) is 48.5 Å². The average Bonchev–Trinajstić information content (AvgIpc) is 2.73. The molecular weight excluding hydrogens is 358 g/mol. The minimum absolute atomic E-state index is 0.0342. The van der Waals surface area contributed by atoms with Crippen molar-refractivity contribution in [1.29, 1.82) is 0 Å². The first kappa shape index (κ1) is 19.0. The summed E-state index contributed by atoms with van der Waals surface area (Å²) >= 11 is 0. The lowest BCUT2D eigenvalue weighted by atomic mass is 10.1. The van der Waals surface area contributed by atoms with Crippen LogP contribution in [-0.2, 0) is 9.53 Å². The second-order valence-electron chi connectivity index (χ2n) is 5.96. The van der Waals surface area contributed by atoms with Crippen molar-refractivity contribution in [3.8, 4) is 11.5 Å². The summed E-state index contributed by atoms with van der Waals surface area (Å²) in [5.74, 6) is -0.539. The molecule has 0 aromatic heterocycles. The number of carbonyl (C=O) groups is 2. The minimum Gasteiger partial charge on any atom is -0.508 e. The zero-order valence-corrected chi connectivity index (χ0v) is 15.2. The number of esters is 1. The van der Waals surface area contributed by atoms with Crippen LogP contribution >= 0.6 is 0 Å². The number of aromatic hydroxyl groups is 1. The summed E-state index contributed by atoms with van der Waals surface area (Å²) in [6, 6.07) is 21.2. The highest BCUT2D eigenvalue weighted by Gasteiger charge is 2.26. The first-order valence-electron chi connectivity index (χ1n) is 8.56. The Morgan fingerprint density at radius 3 is 2.32 bits per heavy atom. The Balaban J connectivity index is 1.83. The third-order valence-electron chi connectivity index (χ3n) is 4.01. The van der Waals surface area contributed by atoms with Crippen molar-refractivity contribution in [1.82, 2.24) is 0 Å². The fraction of sp³-hybridized carbons (Fsp3) is 0.0909. The predicted octanol–water partition coefficient (Wildman–Crippen LogP) is 3.94. The quantitative estimate of drug-likeness (QED) is 0.636. The highest BCUT2D eigenvalue weighted by atomic mass is 16.5. The van der Waals surface area contributed by atoms with E-state index in [-0.39, 0.29) is 11.3 Å². The number of nitrogens with one attached hydrogen (secondary N) is 1. The van der Waals surface area contributed by atoms with Gasteiger partial charge in [-0.3, -0.25) is 4.79 Å². The molecule has 0 aliphatic carbocycles. The molecule has 3 aromatic carbocycles. The van der Waals surface area contributed by atoms with Gasteiger partial charge in [0.05, 0.1) is 12.7 Å². The number of hydrogen-bond donors (Lipinski definition) is 2. The van der Waals surface area contributed by atoms with Gasteiger partial charge in [-0.2, -0.15) is 0 Å². The van der Waals surface area contributed by atoms with E-state index in [9.17, 15) is 14.7 Å². The SMILES string of the molecule is COc1cccc(NC(=O)[C@H](OC(=O)c2ccc(O)cc2)c2ccccc2)c1. The van der Waals surface area contributed by atoms with E-state index in [1.165, 1.54) is 31.4 Å². The second-order valence-corrected chi connectivity index (χ2v) is 5.96. The van der Waals surface area contributed by atoms with Gasteiger partial charge in [0.2, 0.25) is 6.10 Å². The normalized spacial score (nSPS) is 11.3. The maximum Gasteiger partial charge on any atom is 0.339 e. The Morgan fingerprint density at radius 2 is 1.64 bits per heavy atom. The molecule has 0 heterocycles. The van der Waals surface area contributed by atoms with Gasteiger partial charge in [-0.1, -0.05) is 36.4 Å². The molecule has 0 aliphatic heterocycles. The van der Waals surface area contributed by atoms with Crippen molar-refractivity contribution in [2.24, 2.45) is 0 Å². The number of benzene rings is 3. The van der Waals surface area contributed by atoms with Gasteiger partial charge in [0, 0.05) is 17.3 Å².